The van der Waals surface area contributed by atoms with E-state index in [0.29, 0.717) is 11.4 Å². The SMILES string of the molecule is C[C@@H]1CC(=O)N2[C@H]3c4ccccc4C[C@H]3O[C@]12c1ccc(Cl)cc1. The van der Waals surface area contributed by atoms with Crippen LogP contribution in [-0.4, -0.2) is 16.9 Å². The van der Waals surface area contributed by atoms with Crippen LogP contribution < -0.4 is 0 Å². The largest absolute Gasteiger partial charge is 0.345 e. The smallest absolute Gasteiger partial charge is 0.226 e. The molecule has 4 atom stereocenters. The summed E-state index contributed by atoms with van der Waals surface area (Å²) in [6, 6.07) is 16.2. The summed E-state index contributed by atoms with van der Waals surface area (Å²) in [5.74, 6) is 0.297. The van der Waals surface area contributed by atoms with Crippen molar-refractivity contribution in [3.05, 3.63) is 70.2 Å². The lowest BCUT2D eigenvalue weighted by Crippen LogP contribution is -2.43. The van der Waals surface area contributed by atoms with E-state index in [0.717, 1.165) is 12.0 Å². The number of benzene rings is 2. The highest BCUT2D eigenvalue weighted by molar-refractivity contribution is 6.30. The monoisotopic (exact) mass is 339 g/mol. The molecule has 3 aliphatic rings. The normalized spacial score (nSPS) is 33.5. The van der Waals surface area contributed by atoms with Crippen LogP contribution in [-0.2, 0) is 21.7 Å². The molecule has 2 aromatic rings. The third-order valence-corrected chi connectivity index (χ3v) is 6.04. The van der Waals surface area contributed by atoms with Crippen LogP contribution in [0, 0.1) is 5.92 Å². The number of nitrogens with zero attached hydrogens (tertiary/aromatic N) is 1. The molecule has 2 aromatic carbocycles. The van der Waals surface area contributed by atoms with E-state index in [-0.39, 0.29) is 24.0 Å². The Bertz CT molecular complexity index is 834. The van der Waals surface area contributed by atoms with Gasteiger partial charge in [-0.25, -0.2) is 0 Å². The van der Waals surface area contributed by atoms with E-state index >= 15 is 0 Å². The van der Waals surface area contributed by atoms with Crippen molar-refractivity contribution in [3.63, 3.8) is 0 Å². The van der Waals surface area contributed by atoms with Gasteiger partial charge in [0, 0.05) is 29.3 Å². The van der Waals surface area contributed by atoms with E-state index in [1.807, 2.05) is 35.2 Å². The number of rotatable bonds is 1. The Hall–Kier alpha value is -1.84. The van der Waals surface area contributed by atoms with Crippen LogP contribution in [0.25, 0.3) is 0 Å². The lowest BCUT2D eigenvalue weighted by atomic mass is 9.90. The molecule has 1 aliphatic carbocycles. The van der Waals surface area contributed by atoms with Crippen molar-refractivity contribution in [2.45, 2.75) is 37.6 Å². The first-order valence-corrected chi connectivity index (χ1v) is 8.83. The van der Waals surface area contributed by atoms with Gasteiger partial charge in [-0.1, -0.05) is 54.9 Å². The van der Waals surface area contributed by atoms with E-state index in [4.69, 9.17) is 16.3 Å². The Morgan fingerprint density at radius 2 is 1.88 bits per heavy atom. The summed E-state index contributed by atoms with van der Waals surface area (Å²) in [6.07, 6.45) is 1.42. The summed E-state index contributed by atoms with van der Waals surface area (Å²) in [5, 5.41) is 0.696. The van der Waals surface area contributed by atoms with Crippen LogP contribution in [0.2, 0.25) is 5.02 Å². The first kappa shape index (κ1) is 14.5. The summed E-state index contributed by atoms with van der Waals surface area (Å²) in [6.45, 7) is 2.11. The van der Waals surface area contributed by atoms with E-state index in [1.54, 1.807) is 0 Å². The molecule has 0 saturated carbocycles. The molecule has 2 fully saturated rings. The molecule has 0 bridgehead atoms. The molecular weight excluding hydrogens is 322 g/mol. The zero-order valence-corrected chi connectivity index (χ0v) is 14.2. The van der Waals surface area contributed by atoms with Crippen molar-refractivity contribution in [2.24, 2.45) is 5.92 Å². The molecule has 0 aromatic heterocycles. The summed E-state index contributed by atoms with van der Waals surface area (Å²) < 4.78 is 6.65. The zero-order chi connectivity index (χ0) is 16.5. The van der Waals surface area contributed by atoms with E-state index in [9.17, 15) is 4.79 Å². The lowest BCUT2D eigenvalue weighted by Gasteiger charge is -2.37. The fourth-order valence-corrected chi connectivity index (χ4v) is 4.94. The minimum Gasteiger partial charge on any atom is -0.345 e. The van der Waals surface area contributed by atoms with E-state index in [1.165, 1.54) is 11.1 Å². The molecule has 3 nitrogen and oxygen atoms in total. The van der Waals surface area contributed by atoms with Crippen molar-refractivity contribution in [1.29, 1.82) is 0 Å². The zero-order valence-electron chi connectivity index (χ0n) is 13.4. The first-order valence-electron chi connectivity index (χ1n) is 8.45. The molecule has 0 unspecified atom stereocenters. The predicted molar refractivity (Wildman–Crippen MR) is 91.5 cm³/mol. The Morgan fingerprint density at radius 3 is 2.67 bits per heavy atom. The summed E-state index contributed by atoms with van der Waals surface area (Å²) in [7, 11) is 0. The van der Waals surface area contributed by atoms with E-state index < -0.39 is 5.72 Å². The second-order valence-corrected chi connectivity index (χ2v) is 7.51. The average molecular weight is 340 g/mol. The summed E-state index contributed by atoms with van der Waals surface area (Å²) >= 11 is 6.07. The van der Waals surface area contributed by atoms with Gasteiger partial charge in [0.15, 0.2) is 5.72 Å². The Morgan fingerprint density at radius 1 is 1.12 bits per heavy atom. The van der Waals surface area contributed by atoms with Gasteiger partial charge in [-0.2, -0.15) is 0 Å². The predicted octanol–water partition coefficient (Wildman–Crippen LogP) is 4.06. The number of halogens is 1. The van der Waals surface area contributed by atoms with Crippen molar-refractivity contribution < 1.29 is 9.53 Å². The molecule has 5 rings (SSSR count). The van der Waals surface area contributed by atoms with Gasteiger partial charge in [-0.15, -0.1) is 0 Å². The number of carbonyl (C=O) groups is 1. The van der Waals surface area contributed by atoms with E-state index in [2.05, 4.69) is 25.1 Å². The Kier molecular flexibility index (Phi) is 2.92. The van der Waals surface area contributed by atoms with Crippen LogP contribution in [0.3, 0.4) is 0 Å². The van der Waals surface area contributed by atoms with Crippen molar-refractivity contribution >= 4 is 17.5 Å². The summed E-state index contributed by atoms with van der Waals surface area (Å²) in [5.41, 5.74) is 2.90. The Balaban J connectivity index is 1.68. The highest BCUT2D eigenvalue weighted by Gasteiger charge is 2.64. The average Bonchev–Trinajstić information content (AvgIpc) is 3.15. The van der Waals surface area contributed by atoms with Crippen LogP contribution >= 0.6 is 11.6 Å². The molecule has 4 heteroatoms. The minimum absolute atomic E-state index is 0.0225. The van der Waals surface area contributed by atoms with Crippen molar-refractivity contribution in [3.8, 4) is 0 Å². The standard InChI is InChI=1S/C20H18ClNO2/c1-12-10-18(23)22-19-16-5-3-2-4-13(16)11-17(19)24-20(12,22)14-6-8-15(21)9-7-14/h2-9,12,17,19H,10-11H2,1H3/t12-,17-,19+,20+/m1/s1. The van der Waals surface area contributed by atoms with Gasteiger partial charge in [0.25, 0.3) is 0 Å². The van der Waals surface area contributed by atoms with Crippen LogP contribution in [0.4, 0.5) is 0 Å². The van der Waals surface area contributed by atoms with Gasteiger partial charge in [-0.05, 0) is 23.3 Å². The first-order chi connectivity index (χ1) is 11.6. The number of hydrogen-bond acceptors (Lipinski definition) is 2. The maximum atomic E-state index is 12.9. The number of ether oxygens (including phenoxy) is 1. The van der Waals surface area contributed by atoms with Crippen LogP contribution in [0.5, 0.6) is 0 Å². The third-order valence-electron chi connectivity index (χ3n) is 5.79. The molecule has 1 amide bonds. The summed E-state index contributed by atoms with van der Waals surface area (Å²) in [4.78, 5) is 14.9. The highest BCUT2D eigenvalue weighted by atomic mass is 35.5. The maximum Gasteiger partial charge on any atom is 0.226 e. The molecule has 122 valence electrons. The fraction of sp³-hybridized carbons (Fsp3) is 0.350. The van der Waals surface area contributed by atoms with Gasteiger partial charge in [0.2, 0.25) is 5.91 Å². The quantitative estimate of drug-likeness (QED) is 0.784. The topological polar surface area (TPSA) is 29.5 Å². The fourth-order valence-electron chi connectivity index (χ4n) is 4.82. The second-order valence-electron chi connectivity index (χ2n) is 7.08. The molecular formula is C20H18ClNO2. The highest BCUT2D eigenvalue weighted by Crippen LogP contribution is 2.59. The minimum atomic E-state index is -0.662. The molecule has 2 saturated heterocycles. The number of carbonyl (C=O) groups excluding carboxylic acids is 1. The number of amides is 1. The molecule has 0 radical (unpaired) electrons. The van der Waals surface area contributed by atoms with Gasteiger partial charge in [0.1, 0.15) is 0 Å². The van der Waals surface area contributed by atoms with Crippen LogP contribution in [0.1, 0.15) is 36.1 Å². The number of fused-ring (bicyclic) bond motifs is 5. The molecule has 24 heavy (non-hydrogen) atoms. The van der Waals surface area contributed by atoms with Gasteiger partial charge in [0.05, 0.1) is 12.1 Å². The Labute approximate surface area is 146 Å². The van der Waals surface area contributed by atoms with Crippen molar-refractivity contribution in [2.75, 3.05) is 0 Å². The molecule has 2 heterocycles. The van der Waals surface area contributed by atoms with Gasteiger partial charge >= 0.3 is 0 Å². The second kappa shape index (κ2) is 4.84. The number of hydrogen-bond donors (Lipinski definition) is 0. The van der Waals surface area contributed by atoms with Crippen LogP contribution in [0.15, 0.2) is 48.5 Å². The van der Waals surface area contributed by atoms with Gasteiger partial charge in [-0.3, -0.25) is 4.79 Å². The van der Waals surface area contributed by atoms with Crippen molar-refractivity contribution in [1.82, 2.24) is 4.90 Å². The van der Waals surface area contributed by atoms with Gasteiger partial charge < -0.3 is 9.64 Å². The third kappa shape index (κ3) is 1.69. The molecule has 0 spiro atoms. The molecule has 2 aliphatic heterocycles. The maximum absolute atomic E-state index is 12.9. The molecule has 0 N–H and O–H groups in total. The lowest BCUT2D eigenvalue weighted by molar-refractivity contribution is -0.147.